The van der Waals surface area contributed by atoms with Crippen molar-refractivity contribution in [3.05, 3.63) is 29.3 Å². The van der Waals surface area contributed by atoms with Crippen LogP contribution in [0.4, 0.5) is 0 Å². The van der Waals surface area contributed by atoms with Gasteiger partial charge in [-0.1, -0.05) is 37.5 Å². The van der Waals surface area contributed by atoms with Crippen molar-refractivity contribution in [2.24, 2.45) is 0 Å². The van der Waals surface area contributed by atoms with Gasteiger partial charge in [0.2, 0.25) is 0 Å². The van der Waals surface area contributed by atoms with Gasteiger partial charge in [-0.05, 0) is 44.4 Å². The predicted octanol–water partition coefficient (Wildman–Crippen LogP) is 4.20. The molecule has 0 heterocycles. The summed E-state index contributed by atoms with van der Waals surface area (Å²) in [5, 5.41) is 4.54. The molecule has 2 nitrogen and oxygen atoms in total. The third kappa shape index (κ3) is 5.23. The summed E-state index contributed by atoms with van der Waals surface area (Å²) in [4.78, 5) is 0. The number of ether oxygens (including phenoxy) is 1. The van der Waals surface area contributed by atoms with Crippen LogP contribution in [-0.2, 0) is 6.42 Å². The molecule has 0 bridgehead atoms. The van der Waals surface area contributed by atoms with Gasteiger partial charge in [-0.15, -0.1) is 0 Å². The maximum Gasteiger partial charge on any atom is 0.122 e. The molecular formula is C18H29NOS. The van der Waals surface area contributed by atoms with E-state index in [0.717, 1.165) is 24.0 Å². The molecule has 2 rings (SSSR count). The quantitative estimate of drug-likeness (QED) is 0.778. The molecule has 1 aromatic carbocycles. The van der Waals surface area contributed by atoms with E-state index in [4.69, 9.17) is 4.74 Å². The summed E-state index contributed by atoms with van der Waals surface area (Å²) in [5.74, 6) is 2.23. The lowest BCUT2D eigenvalue weighted by atomic mass is 10.0. The highest BCUT2D eigenvalue weighted by Gasteiger charge is 2.18. The molecule has 1 aliphatic carbocycles. The Morgan fingerprint density at radius 1 is 1.33 bits per heavy atom. The van der Waals surface area contributed by atoms with Crippen molar-refractivity contribution in [1.82, 2.24) is 5.32 Å². The Labute approximate surface area is 134 Å². The number of benzene rings is 1. The summed E-state index contributed by atoms with van der Waals surface area (Å²) < 4.78 is 5.52. The van der Waals surface area contributed by atoms with Crippen LogP contribution in [0.1, 0.15) is 43.7 Å². The average molecular weight is 308 g/mol. The molecular weight excluding hydrogens is 278 g/mol. The molecule has 118 valence electrons. The van der Waals surface area contributed by atoms with Crippen molar-refractivity contribution in [1.29, 1.82) is 0 Å². The molecule has 1 aromatic rings. The van der Waals surface area contributed by atoms with E-state index in [2.05, 4.69) is 49.1 Å². The van der Waals surface area contributed by atoms with Crippen molar-refractivity contribution in [2.75, 3.05) is 19.4 Å². The zero-order chi connectivity index (χ0) is 15.1. The molecule has 1 unspecified atom stereocenters. The molecule has 1 N–H and O–H groups in total. The third-order valence-electron chi connectivity index (χ3n) is 4.23. The maximum absolute atomic E-state index is 5.52. The van der Waals surface area contributed by atoms with Gasteiger partial charge < -0.3 is 10.1 Å². The number of methoxy groups -OCH3 is 1. The van der Waals surface area contributed by atoms with Crippen LogP contribution in [0.2, 0.25) is 0 Å². The first-order valence-electron chi connectivity index (χ1n) is 8.21. The lowest BCUT2D eigenvalue weighted by molar-refractivity contribution is 0.406. The summed E-state index contributed by atoms with van der Waals surface area (Å²) in [5.41, 5.74) is 2.64. The Morgan fingerprint density at radius 3 is 2.76 bits per heavy atom. The molecule has 1 fully saturated rings. The zero-order valence-corrected chi connectivity index (χ0v) is 14.5. The molecule has 0 aliphatic heterocycles. The van der Waals surface area contributed by atoms with Crippen LogP contribution in [-0.4, -0.2) is 30.7 Å². The molecule has 0 amide bonds. The molecule has 1 aliphatic rings. The van der Waals surface area contributed by atoms with Crippen molar-refractivity contribution in [3.63, 3.8) is 0 Å². The molecule has 3 heteroatoms. The van der Waals surface area contributed by atoms with Gasteiger partial charge in [0, 0.05) is 17.0 Å². The number of thioether (sulfide) groups is 1. The van der Waals surface area contributed by atoms with Crippen molar-refractivity contribution in [3.8, 4) is 5.75 Å². The molecule has 0 saturated heterocycles. The lowest BCUT2D eigenvalue weighted by Gasteiger charge is -2.21. The monoisotopic (exact) mass is 307 g/mol. The normalized spacial score (nSPS) is 17.1. The van der Waals surface area contributed by atoms with Crippen LogP contribution in [0.15, 0.2) is 18.2 Å². The first-order valence-corrected chi connectivity index (χ1v) is 9.26. The van der Waals surface area contributed by atoms with Gasteiger partial charge in [-0.25, -0.2) is 0 Å². The van der Waals surface area contributed by atoms with Gasteiger partial charge in [0.1, 0.15) is 5.75 Å². The zero-order valence-electron chi connectivity index (χ0n) is 13.7. The fourth-order valence-electron chi connectivity index (χ4n) is 3.12. The number of hydrogen-bond acceptors (Lipinski definition) is 3. The Hall–Kier alpha value is -0.670. The minimum atomic E-state index is 0.538. The van der Waals surface area contributed by atoms with E-state index in [1.54, 1.807) is 7.11 Å². The highest BCUT2D eigenvalue weighted by atomic mass is 32.2. The first-order chi connectivity index (χ1) is 10.2. The maximum atomic E-state index is 5.52. The van der Waals surface area contributed by atoms with Gasteiger partial charge in [0.05, 0.1) is 7.11 Å². The Kier molecular flexibility index (Phi) is 6.91. The number of hydrogen-bond donors (Lipinski definition) is 1. The van der Waals surface area contributed by atoms with Gasteiger partial charge in [-0.3, -0.25) is 0 Å². The van der Waals surface area contributed by atoms with Crippen LogP contribution in [0.5, 0.6) is 5.75 Å². The first kappa shape index (κ1) is 16.7. The highest BCUT2D eigenvalue weighted by Crippen LogP contribution is 2.30. The topological polar surface area (TPSA) is 21.3 Å². The van der Waals surface area contributed by atoms with Crippen LogP contribution in [0, 0.1) is 6.92 Å². The SMILES string of the molecule is CCNC(CSC1CCCC1)Cc1cc(C)ccc1OC. The highest BCUT2D eigenvalue weighted by molar-refractivity contribution is 7.99. The molecule has 1 saturated carbocycles. The second-order valence-corrected chi connectivity index (χ2v) is 7.35. The van der Waals surface area contributed by atoms with Crippen LogP contribution in [0.3, 0.4) is 0 Å². The number of aryl methyl sites for hydroxylation is 1. The van der Waals surface area contributed by atoms with Gasteiger partial charge in [-0.2, -0.15) is 11.8 Å². The van der Waals surface area contributed by atoms with E-state index in [1.807, 2.05) is 0 Å². The minimum absolute atomic E-state index is 0.538. The van der Waals surface area contributed by atoms with Crippen molar-refractivity contribution >= 4 is 11.8 Å². The van der Waals surface area contributed by atoms with Gasteiger partial charge in [0.15, 0.2) is 0 Å². The predicted molar refractivity (Wildman–Crippen MR) is 93.6 cm³/mol. The van der Waals surface area contributed by atoms with Crippen LogP contribution < -0.4 is 10.1 Å². The Bertz CT molecular complexity index is 429. The standard InChI is InChI=1S/C18H29NOS/c1-4-19-16(13-21-17-7-5-6-8-17)12-15-11-14(2)9-10-18(15)20-3/h9-11,16-17,19H,4-8,12-13H2,1-3H3. The van der Waals surface area contributed by atoms with E-state index in [0.29, 0.717) is 6.04 Å². The van der Waals surface area contributed by atoms with Gasteiger partial charge in [0.25, 0.3) is 0 Å². The number of likely N-dealkylation sites (N-methyl/N-ethyl adjacent to an activating group) is 1. The second kappa shape index (κ2) is 8.70. The fraction of sp³-hybridized carbons (Fsp3) is 0.667. The lowest BCUT2D eigenvalue weighted by Crippen LogP contribution is -2.34. The number of nitrogens with one attached hydrogen (secondary N) is 1. The van der Waals surface area contributed by atoms with Gasteiger partial charge >= 0.3 is 0 Å². The number of rotatable bonds is 8. The van der Waals surface area contributed by atoms with E-state index in [9.17, 15) is 0 Å². The molecule has 0 radical (unpaired) electrons. The van der Waals surface area contributed by atoms with E-state index >= 15 is 0 Å². The second-order valence-electron chi connectivity index (χ2n) is 6.01. The van der Waals surface area contributed by atoms with E-state index in [-0.39, 0.29) is 0 Å². The van der Waals surface area contributed by atoms with Crippen molar-refractivity contribution in [2.45, 2.75) is 57.2 Å². The molecule has 21 heavy (non-hydrogen) atoms. The summed E-state index contributed by atoms with van der Waals surface area (Å²) in [7, 11) is 1.77. The van der Waals surface area contributed by atoms with E-state index in [1.165, 1.54) is 42.6 Å². The molecule has 0 aromatic heterocycles. The largest absolute Gasteiger partial charge is 0.496 e. The molecule has 0 spiro atoms. The smallest absolute Gasteiger partial charge is 0.122 e. The summed E-state index contributed by atoms with van der Waals surface area (Å²) in [6.45, 7) is 5.38. The molecule has 1 atom stereocenters. The minimum Gasteiger partial charge on any atom is -0.496 e. The van der Waals surface area contributed by atoms with Crippen molar-refractivity contribution < 1.29 is 4.74 Å². The van der Waals surface area contributed by atoms with Crippen LogP contribution >= 0.6 is 11.8 Å². The van der Waals surface area contributed by atoms with E-state index < -0.39 is 0 Å². The Balaban J connectivity index is 1.96. The third-order valence-corrected chi connectivity index (χ3v) is 5.77. The fourth-order valence-corrected chi connectivity index (χ4v) is 4.53. The Morgan fingerprint density at radius 2 is 2.10 bits per heavy atom. The van der Waals surface area contributed by atoms with Crippen LogP contribution in [0.25, 0.3) is 0 Å². The average Bonchev–Trinajstić information content (AvgIpc) is 2.98. The summed E-state index contributed by atoms with van der Waals surface area (Å²) >= 11 is 2.17. The summed E-state index contributed by atoms with van der Waals surface area (Å²) in [6, 6.07) is 7.02. The summed E-state index contributed by atoms with van der Waals surface area (Å²) in [6.07, 6.45) is 6.73.